The highest BCUT2D eigenvalue weighted by molar-refractivity contribution is 7.26. The fourth-order valence-corrected chi connectivity index (χ4v) is 6.37. The lowest BCUT2D eigenvalue weighted by Crippen LogP contribution is -1.92. The first-order valence-electron chi connectivity index (χ1n) is 11.1. The molecule has 6 rings (SSSR count). The molecule has 6 aromatic rings. The number of nitrogens with zero attached hydrogens (tertiary/aromatic N) is 1. The van der Waals surface area contributed by atoms with Crippen LogP contribution in [0.1, 0.15) is 32.3 Å². The Labute approximate surface area is 186 Å². The summed E-state index contributed by atoms with van der Waals surface area (Å²) in [5.74, 6) is 0.487. The van der Waals surface area contributed by atoms with Gasteiger partial charge in [0.1, 0.15) is 0 Å². The first kappa shape index (κ1) is 18.7. The smallest absolute Gasteiger partial charge is 0.0491 e. The van der Waals surface area contributed by atoms with Crippen LogP contribution in [0.3, 0.4) is 0 Å². The fourth-order valence-electron chi connectivity index (χ4n) is 5.02. The molecule has 0 radical (unpaired) electrons. The maximum Gasteiger partial charge on any atom is 0.0491 e. The first-order valence-corrected chi connectivity index (χ1v) is 11.9. The summed E-state index contributed by atoms with van der Waals surface area (Å²) in [5.41, 5.74) is 6.70. The second kappa shape index (κ2) is 6.96. The summed E-state index contributed by atoms with van der Waals surface area (Å²) >= 11 is 1.93. The summed E-state index contributed by atoms with van der Waals surface area (Å²) in [6, 6.07) is 29.4. The van der Waals surface area contributed by atoms with Crippen molar-refractivity contribution in [2.24, 2.45) is 0 Å². The summed E-state index contributed by atoms with van der Waals surface area (Å²) in [5, 5.41) is 5.44. The van der Waals surface area contributed by atoms with Gasteiger partial charge in [-0.25, -0.2) is 0 Å². The molecule has 2 heterocycles. The molecule has 31 heavy (non-hydrogen) atoms. The second-order valence-electron chi connectivity index (χ2n) is 8.69. The Bertz CT molecular complexity index is 1600. The Kier molecular flexibility index (Phi) is 4.19. The Morgan fingerprint density at radius 1 is 0.710 bits per heavy atom. The second-order valence-corrected chi connectivity index (χ2v) is 9.74. The molecule has 0 aliphatic rings. The van der Waals surface area contributed by atoms with Crippen LogP contribution in [-0.4, -0.2) is 4.57 Å². The van der Waals surface area contributed by atoms with E-state index >= 15 is 0 Å². The summed E-state index contributed by atoms with van der Waals surface area (Å²) in [6.45, 7) is 7.82. The van der Waals surface area contributed by atoms with Gasteiger partial charge in [-0.05, 0) is 65.9 Å². The lowest BCUT2D eigenvalue weighted by molar-refractivity contribution is 0.827. The molecular formula is C29H25NS. The van der Waals surface area contributed by atoms with Gasteiger partial charge in [0, 0.05) is 48.5 Å². The Morgan fingerprint density at radius 2 is 1.42 bits per heavy atom. The zero-order chi connectivity index (χ0) is 21.1. The van der Waals surface area contributed by atoms with Crippen molar-refractivity contribution in [1.29, 1.82) is 0 Å². The van der Waals surface area contributed by atoms with E-state index in [9.17, 15) is 0 Å². The van der Waals surface area contributed by atoms with Gasteiger partial charge in [-0.2, -0.15) is 0 Å². The maximum absolute atomic E-state index is 2.42. The van der Waals surface area contributed by atoms with E-state index in [1.807, 2.05) is 11.3 Å². The molecule has 0 unspecified atom stereocenters. The minimum absolute atomic E-state index is 0.487. The van der Waals surface area contributed by atoms with Crippen LogP contribution in [0.5, 0.6) is 0 Å². The molecule has 0 aliphatic heterocycles. The largest absolute Gasteiger partial charge is 0.341 e. The van der Waals surface area contributed by atoms with Crippen molar-refractivity contribution in [2.45, 2.75) is 33.2 Å². The van der Waals surface area contributed by atoms with Crippen molar-refractivity contribution in [3.05, 3.63) is 84.4 Å². The standard InChI is InChI=1S/C29H25NS/c1-4-30-26-11-7-5-9-21(26)24-15-19(13-14-27(24)30)20-16-23(18(2)3)29-25(17-20)22-10-6-8-12-28(22)31-29/h5-18H,4H2,1-3H3. The van der Waals surface area contributed by atoms with Gasteiger partial charge in [0.05, 0.1) is 0 Å². The van der Waals surface area contributed by atoms with Crippen LogP contribution in [0, 0.1) is 0 Å². The minimum Gasteiger partial charge on any atom is -0.341 e. The molecule has 0 spiro atoms. The van der Waals surface area contributed by atoms with Crippen LogP contribution in [0.2, 0.25) is 0 Å². The van der Waals surface area contributed by atoms with Gasteiger partial charge in [0.25, 0.3) is 0 Å². The van der Waals surface area contributed by atoms with Crippen LogP contribution >= 0.6 is 11.3 Å². The van der Waals surface area contributed by atoms with Gasteiger partial charge >= 0.3 is 0 Å². The molecule has 0 atom stereocenters. The molecule has 0 amide bonds. The predicted molar refractivity (Wildman–Crippen MR) is 138 cm³/mol. The zero-order valence-electron chi connectivity index (χ0n) is 18.1. The van der Waals surface area contributed by atoms with Crippen molar-refractivity contribution < 1.29 is 0 Å². The predicted octanol–water partition coefficient (Wildman–Crippen LogP) is 8.97. The number of aromatic nitrogens is 1. The van der Waals surface area contributed by atoms with Gasteiger partial charge in [0.15, 0.2) is 0 Å². The van der Waals surface area contributed by atoms with E-state index in [0.29, 0.717) is 5.92 Å². The normalized spacial score (nSPS) is 12.1. The van der Waals surface area contributed by atoms with E-state index in [1.54, 1.807) is 0 Å². The topological polar surface area (TPSA) is 4.93 Å². The van der Waals surface area contributed by atoms with Gasteiger partial charge in [-0.3, -0.25) is 0 Å². The average Bonchev–Trinajstić information content (AvgIpc) is 3.33. The zero-order valence-corrected chi connectivity index (χ0v) is 19.0. The van der Waals surface area contributed by atoms with Gasteiger partial charge in [-0.15, -0.1) is 11.3 Å². The summed E-state index contributed by atoms with van der Waals surface area (Å²) in [6.07, 6.45) is 0. The number of hydrogen-bond acceptors (Lipinski definition) is 1. The number of hydrogen-bond donors (Lipinski definition) is 0. The van der Waals surface area contributed by atoms with Crippen molar-refractivity contribution in [1.82, 2.24) is 4.57 Å². The van der Waals surface area contributed by atoms with Crippen LogP contribution in [0.4, 0.5) is 0 Å². The molecule has 152 valence electrons. The van der Waals surface area contributed by atoms with E-state index in [-0.39, 0.29) is 0 Å². The lowest BCUT2D eigenvalue weighted by atomic mass is 9.94. The molecule has 0 aliphatic carbocycles. The Balaban J connectivity index is 1.66. The molecule has 2 heteroatoms. The average molecular weight is 420 g/mol. The van der Waals surface area contributed by atoms with Gasteiger partial charge in [-0.1, -0.05) is 56.3 Å². The van der Waals surface area contributed by atoms with Crippen LogP contribution in [-0.2, 0) is 6.54 Å². The van der Waals surface area contributed by atoms with E-state index in [0.717, 1.165) is 6.54 Å². The Hall–Kier alpha value is -3.10. The van der Waals surface area contributed by atoms with Gasteiger partial charge < -0.3 is 4.57 Å². The molecule has 4 aromatic carbocycles. The van der Waals surface area contributed by atoms with Crippen molar-refractivity contribution in [3.8, 4) is 11.1 Å². The molecule has 0 saturated heterocycles. The molecule has 1 nitrogen and oxygen atoms in total. The van der Waals surface area contributed by atoms with E-state index in [1.165, 1.54) is 58.7 Å². The highest BCUT2D eigenvalue weighted by Gasteiger charge is 2.15. The third kappa shape index (κ3) is 2.75. The third-order valence-electron chi connectivity index (χ3n) is 6.55. The summed E-state index contributed by atoms with van der Waals surface area (Å²) in [7, 11) is 0. The maximum atomic E-state index is 2.42. The molecule has 0 fully saturated rings. The molecule has 0 N–H and O–H groups in total. The van der Waals surface area contributed by atoms with Crippen molar-refractivity contribution >= 4 is 53.3 Å². The van der Waals surface area contributed by atoms with Crippen LogP contribution in [0.15, 0.2) is 78.9 Å². The molecular weight excluding hydrogens is 394 g/mol. The van der Waals surface area contributed by atoms with E-state index < -0.39 is 0 Å². The summed E-state index contributed by atoms with van der Waals surface area (Å²) in [4.78, 5) is 0. The highest BCUT2D eigenvalue weighted by Crippen LogP contribution is 2.42. The SMILES string of the molecule is CCn1c2ccccc2c2cc(-c3cc(C(C)C)c4sc5ccccc5c4c3)ccc21. The molecule has 2 aromatic heterocycles. The number of aryl methyl sites for hydroxylation is 1. The van der Waals surface area contributed by atoms with E-state index in [4.69, 9.17) is 0 Å². The molecule has 0 saturated carbocycles. The number of rotatable bonds is 3. The van der Waals surface area contributed by atoms with Crippen LogP contribution in [0.25, 0.3) is 53.1 Å². The number of thiophene rings is 1. The lowest BCUT2D eigenvalue weighted by Gasteiger charge is -2.12. The third-order valence-corrected chi connectivity index (χ3v) is 7.79. The monoisotopic (exact) mass is 419 g/mol. The Morgan fingerprint density at radius 3 is 2.23 bits per heavy atom. The van der Waals surface area contributed by atoms with Crippen molar-refractivity contribution in [3.63, 3.8) is 0 Å². The van der Waals surface area contributed by atoms with E-state index in [2.05, 4.69) is 104 Å². The molecule has 0 bridgehead atoms. The van der Waals surface area contributed by atoms with Crippen LogP contribution < -0.4 is 0 Å². The number of benzene rings is 4. The minimum atomic E-state index is 0.487. The summed E-state index contributed by atoms with van der Waals surface area (Å²) < 4.78 is 5.23. The highest BCUT2D eigenvalue weighted by atomic mass is 32.1. The fraction of sp³-hybridized carbons (Fsp3) is 0.172. The van der Waals surface area contributed by atoms with Gasteiger partial charge in [0.2, 0.25) is 0 Å². The number of fused-ring (bicyclic) bond motifs is 6. The number of para-hydroxylation sites is 1. The quantitative estimate of drug-likeness (QED) is 0.270. The first-order chi connectivity index (χ1) is 15.2. The van der Waals surface area contributed by atoms with Crippen molar-refractivity contribution in [2.75, 3.05) is 0 Å².